The van der Waals surface area contributed by atoms with Gasteiger partial charge >= 0.3 is 0 Å². The Labute approximate surface area is 207 Å². The number of hydrogen-bond donors (Lipinski definition) is 1. The molecule has 178 valence electrons. The molecule has 0 fully saturated rings. The van der Waals surface area contributed by atoms with Gasteiger partial charge in [-0.05, 0) is 71.2 Å². The molecular weight excluding hydrogens is 500 g/mol. The Kier molecular flexibility index (Phi) is 9.34. The standard InChI is InChI=1S/C26H27BrN2O5/c1-4-32-23-15-20(11-12-22(23)31-3)26(30)29-28-16-19-13-21(27)25(24(14-19)33-5-2)34-17-18-9-7-6-8-10-18/h6-16H,4-5,17H2,1-3H3,(H,29,30)/b28-16+. The third-order valence-corrected chi connectivity index (χ3v) is 5.25. The number of carbonyl (C=O) groups excluding carboxylic acids is 1. The van der Waals surface area contributed by atoms with E-state index < -0.39 is 0 Å². The highest BCUT2D eigenvalue weighted by Crippen LogP contribution is 2.37. The zero-order valence-electron chi connectivity index (χ0n) is 19.3. The number of halogens is 1. The van der Waals surface area contributed by atoms with Crippen LogP contribution in [-0.4, -0.2) is 32.4 Å². The molecule has 0 aromatic heterocycles. The van der Waals surface area contributed by atoms with Gasteiger partial charge in [0.25, 0.3) is 5.91 Å². The zero-order valence-corrected chi connectivity index (χ0v) is 20.9. The average molecular weight is 527 g/mol. The van der Waals surface area contributed by atoms with E-state index in [2.05, 4.69) is 26.5 Å². The summed E-state index contributed by atoms with van der Waals surface area (Å²) < 4.78 is 23.3. The van der Waals surface area contributed by atoms with Gasteiger partial charge in [0.15, 0.2) is 23.0 Å². The van der Waals surface area contributed by atoms with Crippen molar-refractivity contribution in [3.63, 3.8) is 0 Å². The molecular formula is C26H27BrN2O5. The number of rotatable bonds is 11. The van der Waals surface area contributed by atoms with E-state index in [1.54, 1.807) is 31.5 Å². The van der Waals surface area contributed by atoms with Crippen LogP contribution in [0.2, 0.25) is 0 Å². The lowest BCUT2D eigenvalue weighted by molar-refractivity contribution is 0.0954. The quantitative estimate of drug-likeness (QED) is 0.260. The third-order valence-electron chi connectivity index (χ3n) is 4.66. The first-order valence-electron chi connectivity index (χ1n) is 10.8. The van der Waals surface area contributed by atoms with Gasteiger partial charge in [-0.2, -0.15) is 5.10 Å². The van der Waals surface area contributed by atoms with Crippen LogP contribution < -0.4 is 24.4 Å². The summed E-state index contributed by atoms with van der Waals surface area (Å²) >= 11 is 3.56. The minimum absolute atomic E-state index is 0.369. The summed E-state index contributed by atoms with van der Waals surface area (Å²) in [4.78, 5) is 12.5. The number of methoxy groups -OCH3 is 1. The molecule has 0 atom stereocenters. The first-order valence-corrected chi connectivity index (χ1v) is 11.6. The van der Waals surface area contributed by atoms with E-state index in [0.29, 0.717) is 48.4 Å². The van der Waals surface area contributed by atoms with Crippen molar-refractivity contribution in [1.82, 2.24) is 5.43 Å². The van der Waals surface area contributed by atoms with Gasteiger partial charge in [0, 0.05) is 5.56 Å². The molecule has 0 spiro atoms. The fourth-order valence-corrected chi connectivity index (χ4v) is 3.69. The summed E-state index contributed by atoms with van der Waals surface area (Å²) in [5.74, 6) is 1.88. The largest absolute Gasteiger partial charge is 0.493 e. The second kappa shape index (κ2) is 12.6. The third kappa shape index (κ3) is 6.74. The minimum Gasteiger partial charge on any atom is -0.493 e. The van der Waals surface area contributed by atoms with Gasteiger partial charge in [-0.25, -0.2) is 5.43 Å². The molecule has 0 aliphatic carbocycles. The lowest BCUT2D eigenvalue weighted by atomic mass is 10.2. The lowest BCUT2D eigenvalue weighted by Crippen LogP contribution is -2.17. The van der Waals surface area contributed by atoms with Crippen molar-refractivity contribution in [3.05, 3.63) is 81.8 Å². The highest BCUT2D eigenvalue weighted by Gasteiger charge is 2.13. The average Bonchev–Trinajstić information content (AvgIpc) is 2.84. The van der Waals surface area contributed by atoms with Gasteiger partial charge in [0.2, 0.25) is 0 Å². The van der Waals surface area contributed by atoms with Crippen molar-refractivity contribution in [1.29, 1.82) is 0 Å². The maximum absolute atomic E-state index is 12.5. The maximum Gasteiger partial charge on any atom is 0.271 e. The summed E-state index contributed by atoms with van der Waals surface area (Å²) in [7, 11) is 1.55. The van der Waals surface area contributed by atoms with Crippen LogP contribution in [0.5, 0.6) is 23.0 Å². The molecule has 0 saturated carbocycles. The summed E-state index contributed by atoms with van der Waals surface area (Å²) in [6.45, 7) is 5.12. The molecule has 0 aliphatic heterocycles. The molecule has 3 aromatic rings. The summed E-state index contributed by atoms with van der Waals surface area (Å²) in [5, 5.41) is 4.09. The Morgan fingerprint density at radius 3 is 2.38 bits per heavy atom. The molecule has 0 unspecified atom stereocenters. The highest BCUT2D eigenvalue weighted by molar-refractivity contribution is 9.10. The van der Waals surface area contributed by atoms with Crippen molar-refractivity contribution in [2.45, 2.75) is 20.5 Å². The van der Waals surface area contributed by atoms with E-state index in [1.807, 2.05) is 56.3 Å². The van der Waals surface area contributed by atoms with Gasteiger partial charge in [-0.15, -0.1) is 0 Å². The first-order chi connectivity index (χ1) is 16.5. The molecule has 1 N–H and O–H groups in total. The second-order valence-corrected chi connectivity index (χ2v) is 7.89. The van der Waals surface area contributed by atoms with E-state index in [0.717, 1.165) is 15.6 Å². The fourth-order valence-electron chi connectivity index (χ4n) is 3.11. The maximum atomic E-state index is 12.5. The predicted octanol–water partition coefficient (Wildman–Crippen LogP) is 5.60. The van der Waals surface area contributed by atoms with E-state index in [1.165, 1.54) is 0 Å². The number of amides is 1. The molecule has 0 heterocycles. The highest BCUT2D eigenvalue weighted by atomic mass is 79.9. The Hall–Kier alpha value is -3.52. The van der Waals surface area contributed by atoms with E-state index in [9.17, 15) is 4.79 Å². The Morgan fingerprint density at radius 2 is 1.68 bits per heavy atom. The molecule has 0 radical (unpaired) electrons. The minimum atomic E-state index is -0.369. The molecule has 8 heteroatoms. The first kappa shape index (κ1) is 25.1. The van der Waals surface area contributed by atoms with Gasteiger partial charge in [0.1, 0.15) is 6.61 Å². The van der Waals surface area contributed by atoms with E-state index >= 15 is 0 Å². The van der Waals surface area contributed by atoms with Crippen LogP contribution in [0.15, 0.2) is 70.2 Å². The molecule has 7 nitrogen and oxygen atoms in total. The summed E-state index contributed by atoms with van der Waals surface area (Å²) in [5.41, 5.74) is 4.72. The summed E-state index contributed by atoms with van der Waals surface area (Å²) in [6, 6.07) is 18.5. The fraction of sp³-hybridized carbons (Fsp3) is 0.231. The Bertz CT molecular complexity index is 1140. The molecule has 1 amide bonds. The second-order valence-electron chi connectivity index (χ2n) is 7.04. The SMILES string of the molecule is CCOc1cc(C(=O)N/N=C/c2cc(Br)c(OCc3ccccc3)c(OCC)c2)ccc1OC. The number of hydrazone groups is 1. The Morgan fingerprint density at radius 1 is 0.941 bits per heavy atom. The molecule has 3 aromatic carbocycles. The molecule has 0 saturated heterocycles. The molecule has 34 heavy (non-hydrogen) atoms. The van der Waals surface area contributed by atoms with Gasteiger partial charge in [0.05, 0.1) is 31.0 Å². The van der Waals surface area contributed by atoms with Gasteiger partial charge < -0.3 is 18.9 Å². The van der Waals surface area contributed by atoms with Crippen molar-refractivity contribution < 1.29 is 23.7 Å². The van der Waals surface area contributed by atoms with Crippen LogP contribution in [0.3, 0.4) is 0 Å². The number of carbonyl (C=O) groups is 1. The number of nitrogens with zero attached hydrogens (tertiary/aromatic N) is 1. The monoisotopic (exact) mass is 526 g/mol. The van der Waals surface area contributed by atoms with Crippen LogP contribution >= 0.6 is 15.9 Å². The normalized spacial score (nSPS) is 10.7. The zero-order chi connectivity index (χ0) is 24.3. The number of benzene rings is 3. The summed E-state index contributed by atoms with van der Waals surface area (Å²) in [6.07, 6.45) is 1.54. The van der Waals surface area contributed by atoms with Crippen molar-refractivity contribution in [2.75, 3.05) is 20.3 Å². The van der Waals surface area contributed by atoms with Crippen LogP contribution in [-0.2, 0) is 6.61 Å². The Balaban J connectivity index is 1.71. The van der Waals surface area contributed by atoms with Crippen LogP contribution in [0.25, 0.3) is 0 Å². The van der Waals surface area contributed by atoms with Gasteiger partial charge in [-0.1, -0.05) is 30.3 Å². The van der Waals surface area contributed by atoms with Crippen LogP contribution in [0, 0.1) is 0 Å². The molecule has 0 bridgehead atoms. The van der Waals surface area contributed by atoms with Crippen molar-refractivity contribution in [3.8, 4) is 23.0 Å². The smallest absolute Gasteiger partial charge is 0.271 e. The van der Waals surface area contributed by atoms with Crippen molar-refractivity contribution in [2.24, 2.45) is 5.10 Å². The van der Waals surface area contributed by atoms with E-state index in [4.69, 9.17) is 18.9 Å². The molecule has 3 rings (SSSR count). The predicted molar refractivity (Wildman–Crippen MR) is 135 cm³/mol. The van der Waals surface area contributed by atoms with E-state index in [-0.39, 0.29) is 5.91 Å². The van der Waals surface area contributed by atoms with Crippen LogP contribution in [0.4, 0.5) is 0 Å². The van der Waals surface area contributed by atoms with Gasteiger partial charge in [-0.3, -0.25) is 4.79 Å². The van der Waals surface area contributed by atoms with Crippen LogP contribution in [0.1, 0.15) is 35.3 Å². The van der Waals surface area contributed by atoms with Crippen molar-refractivity contribution >= 4 is 28.1 Å². The molecule has 0 aliphatic rings. The number of nitrogens with one attached hydrogen (secondary N) is 1. The topological polar surface area (TPSA) is 78.4 Å². The number of hydrogen-bond acceptors (Lipinski definition) is 6. The number of ether oxygens (including phenoxy) is 4. The lowest BCUT2D eigenvalue weighted by Gasteiger charge is -2.14.